The molecule has 0 atom stereocenters. The summed E-state index contributed by atoms with van der Waals surface area (Å²) in [5, 5.41) is 16.5. The molecule has 2 rings (SSSR count). The molecule has 60 valence electrons. The zero-order valence-electron chi connectivity index (χ0n) is 6.27. The molecular weight excluding hydrogens is 142 g/mol. The van der Waals surface area contributed by atoms with Gasteiger partial charge in [0, 0.05) is 19.2 Å². The third-order valence-electron chi connectivity index (χ3n) is 1.85. The molecule has 1 heterocycles. The highest BCUT2D eigenvalue weighted by Gasteiger charge is 2.24. The molecule has 1 N–H and O–H groups in total. The normalized spacial score (nSPS) is 17.2. The fourth-order valence-corrected chi connectivity index (χ4v) is 1.06. The second-order valence-corrected chi connectivity index (χ2v) is 2.89. The summed E-state index contributed by atoms with van der Waals surface area (Å²) in [4.78, 5) is 0. The molecule has 1 fully saturated rings. The van der Waals surface area contributed by atoms with Crippen LogP contribution in [0.15, 0.2) is 6.20 Å². The van der Waals surface area contributed by atoms with Gasteiger partial charge in [0.15, 0.2) is 0 Å². The van der Waals surface area contributed by atoms with Gasteiger partial charge in [-0.15, -0.1) is 5.10 Å². The highest BCUT2D eigenvalue weighted by atomic mass is 16.3. The van der Waals surface area contributed by atoms with E-state index in [1.807, 2.05) is 10.9 Å². The van der Waals surface area contributed by atoms with E-state index >= 15 is 0 Å². The van der Waals surface area contributed by atoms with Gasteiger partial charge in [0.2, 0.25) is 0 Å². The number of hydrogen-bond donors (Lipinski definition) is 1. The van der Waals surface area contributed by atoms with E-state index in [9.17, 15) is 0 Å². The van der Waals surface area contributed by atoms with E-state index in [4.69, 9.17) is 5.11 Å². The van der Waals surface area contributed by atoms with Crippen LogP contribution < -0.4 is 0 Å². The van der Waals surface area contributed by atoms with Crippen LogP contribution in [0.5, 0.6) is 0 Å². The minimum Gasteiger partial charge on any atom is -0.396 e. The zero-order chi connectivity index (χ0) is 7.68. The van der Waals surface area contributed by atoms with Gasteiger partial charge in [-0.25, -0.2) is 4.68 Å². The van der Waals surface area contributed by atoms with Crippen molar-refractivity contribution in [1.29, 1.82) is 0 Å². The van der Waals surface area contributed by atoms with E-state index < -0.39 is 0 Å². The Hall–Kier alpha value is -0.900. The smallest absolute Gasteiger partial charge is 0.0850 e. The number of aromatic nitrogens is 3. The summed E-state index contributed by atoms with van der Waals surface area (Å²) in [5.74, 6) is 0. The molecule has 0 amide bonds. The van der Waals surface area contributed by atoms with E-state index in [1.54, 1.807) is 0 Å². The maximum atomic E-state index is 8.61. The second-order valence-electron chi connectivity index (χ2n) is 2.89. The van der Waals surface area contributed by atoms with Crippen molar-refractivity contribution in [3.05, 3.63) is 11.9 Å². The molecule has 1 aliphatic carbocycles. The number of nitrogens with zero attached hydrogens (tertiary/aromatic N) is 3. The Morgan fingerprint density at radius 3 is 3.09 bits per heavy atom. The molecule has 0 radical (unpaired) electrons. The lowest BCUT2D eigenvalue weighted by atomic mass is 10.3. The van der Waals surface area contributed by atoms with Crippen LogP contribution in [0.1, 0.15) is 24.6 Å². The minimum atomic E-state index is 0.156. The fourth-order valence-electron chi connectivity index (χ4n) is 1.06. The molecule has 4 heteroatoms. The Kier molecular flexibility index (Phi) is 1.62. The largest absolute Gasteiger partial charge is 0.396 e. The molecule has 0 spiro atoms. The van der Waals surface area contributed by atoms with Crippen molar-refractivity contribution in [1.82, 2.24) is 15.0 Å². The van der Waals surface area contributed by atoms with Gasteiger partial charge in [0.05, 0.1) is 11.7 Å². The van der Waals surface area contributed by atoms with Gasteiger partial charge in [0.1, 0.15) is 0 Å². The summed E-state index contributed by atoms with van der Waals surface area (Å²) in [6.45, 7) is 0.156. The quantitative estimate of drug-likeness (QED) is 0.672. The van der Waals surface area contributed by atoms with Gasteiger partial charge in [0.25, 0.3) is 0 Å². The number of aliphatic hydroxyl groups is 1. The first-order chi connectivity index (χ1) is 5.40. The predicted molar refractivity (Wildman–Crippen MR) is 39.1 cm³/mol. The van der Waals surface area contributed by atoms with Crippen molar-refractivity contribution >= 4 is 0 Å². The fraction of sp³-hybridized carbons (Fsp3) is 0.714. The van der Waals surface area contributed by atoms with Crippen LogP contribution in [0.4, 0.5) is 0 Å². The Morgan fingerprint density at radius 1 is 1.64 bits per heavy atom. The van der Waals surface area contributed by atoms with E-state index in [0.29, 0.717) is 12.5 Å². The number of rotatable bonds is 3. The van der Waals surface area contributed by atoms with Gasteiger partial charge >= 0.3 is 0 Å². The summed E-state index contributed by atoms with van der Waals surface area (Å²) < 4.78 is 1.89. The molecular formula is C7H11N3O. The average Bonchev–Trinajstić information content (AvgIpc) is 2.75. The molecule has 0 aromatic carbocycles. The lowest BCUT2D eigenvalue weighted by Gasteiger charge is -1.90. The number of aliphatic hydroxyl groups excluding tert-OH is 1. The van der Waals surface area contributed by atoms with Gasteiger partial charge in [-0.1, -0.05) is 5.21 Å². The molecule has 0 unspecified atom stereocenters. The maximum Gasteiger partial charge on any atom is 0.0850 e. The molecule has 1 aromatic heterocycles. The Bertz CT molecular complexity index is 242. The molecule has 0 bridgehead atoms. The topological polar surface area (TPSA) is 50.9 Å². The van der Waals surface area contributed by atoms with E-state index in [1.165, 1.54) is 12.8 Å². The van der Waals surface area contributed by atoms with Crippen LogP contribution in [0, 0.1) is 0 Å². The maximum absolute atomic E-state index is 8.61. The summed E-state index contributed by atoms with van der Waals surface area (Å²) in [6.07, 6.45) is 4.99. The van der Waals surface area contributed by atoms with E-state index in [2.05, 4.69) is 10.3 Å². The Balaban J connectivity index is 2.06. The summed E-state index contributed by atoms with van der Waals surface area (Å²) in [5.41, 5.74) is 0.888. The molecule has 1 aliphatic rings. The Labute approximate surface area is 64.8 Å². The lowest BCUT2D eigenvalue weighted by molar-refractivity contribution is 0.298. The van der Waals surface area contributed by atoms with Crippen molar-refractivity contribution < 1.29 is 5.11 Å². The van der Waals surface area contributed by atoms with Crippen LogP contribution in [0.3, 0.4) is 0 Å². The third-order valence-corrected chi connectivity index (χ3v) is 1.85. The standard InChI is InChI=1S/C7H11N3O/c11-4-3-6-5-10(9-8-6)7-1-2-7/h5,7,11H,1-4H2. The molecule has 1 saturated carbocycles. The molecule has 4 nitrogen and oxygen atoms in total. The monoisotopic (exact) mass is 153 g/mol. The predicted octanol–water partition coefficient (Wildman–Crippen LogP) is 0.148. The first-order valence-electron chi connectivity index (χ1n) is 3.91. The molecule has 0 saturated heterocycles. The van der Waals surface area contributed by atoms with Gasteiger partial charge in [-0.2, -0.15) is 0 Å². The van der Waals surface area contributed by atoms with Crippen molar-refractivity contribution in [3.8, 4) is 0 Å². The first-order valence-corrected chi connectivity index (χ1v) is 3.91. The summed E-state index contributed by atoms with van der Waals surface area (Å²) in [6, 6.07) is 0.593. The third kappa shape index (κ3) is 1.40. The SMILES string of the molecule is OCCc1cn(C2CC2)nn1. The van der Waals surface area contributed by atoms with Gasteiger partial charge in [-0.05, 0) is 12.8 Å². The molecule has 11 heavy (non-hydrogen) atoms. The minimum absolute atomic E-state index is 0.156. The second kappa shape index (κ2) is 2.62. The molecule has 0 aliphatic heterocycles. The van der Waals surface area contributed by atoms with Crippen molar-refractivity contribution in [2.45, 2.75) is 25.3 Å². The zero-order valence-corrected chi connectivity index (χ0v) is 6.27. The highest BCUT2D eigenvalue weighted by molar-refractivity contribution is 4.95. The van der Waals surface area contributed by atoms with Gasteiger partial charge < -0.3 is 5.11 Å². The lowest BCUT2D eigenvalue weighted by Crippen LogP contribution is -1.93. The number of hydrogen-bond acceptors (Lipinski definition) is 3. The van der Waals surface area contributed by atoms with E-state index in [-0.39, 0.29) is 6.61 Å². The first kappa shape index (κ1) is 6.79. The summed E-state index contributed by atoms with van der Waals surface area (Å²) in [7, 11) is 0. The van der Waals surface area contributed by atoms with Crippen LogP contribution in [0.2, 0.25) is 0 Å². The van der Waals surface area contributed by atoms with Crippen molar-refractivity contribution in [2.24, 2.45) is 0 Å². The van der Waals surface area contributed by atoms with Crippen LogP contribution >= 0.6 is 0 Å². The summed E-state index contributed by atoms with van der Waals surface area (Å²) >= 11 is 0. The van der Waals surface area contributed by atoms with E-state index in [0.717, 1.165) is 5.69 Å². The average molecular weight is 153 g/mol. The van der Waals surface area contributed by atoms with Crippen LogP contribution in [-0.4, -0.2) is 26.7 Å². The van der Waals surface area contributed by atoms with Crippen molar-refractivity contribution in [2.75, 3.05) is 6.61 Å². The van der Waals surface area contributed by atoms with Crippen molar-refractivity contribution in [3.63, 3.8) is 0 Å². The van der Waals surface area contributed by atoms with Gasteiger partial charge in [-0.3, -0.25) is 0 Å². The molecule has 1 aromatic rings. The highest BCUT2D eigenvalue weighted by Crippen LogP contribution is 2.33. The van der Waals surface area contributed by atoms with Crippen LogP contribution in [-0.2, 0) is 6.42 Å². The Morgan fingerprint density at radius 2 is 2.45 bits per heavy atom. The van der Waals surface area contributed by atoms with Crippen LogP contribution in [0.25, 0.3) is 0 Å².